The summed E-state index contributed by atoms with van der Waals surface area (Å²) in [6, 6.07) is 1.64. The summed E-state index contributed by atoms with van der Waals surface area (Å²) >= 11 is 0. The second-order valence-electron chi connectivity index (χ2n) is 6.50. The minimum absolute atomic E-state index is 0.174. The number of fused-ring (bicyclic) bond motifs is 2. The molecule has 0 saturated carbocycles. The first kappa shape index (κ1) is 16.2. The van der Waals surface area contributed by atoms with E-state index in [2.05, 4.69) is 24.4 Å². The van der Waals surface area contributed by atoms with Crippen LogP contribution >= 0.6 is 0 Å². The molecule has 0 bridgehead atoms. The molecule has 3 aromatic rings. The van der Waals surface area contributed by atoms with Crippen LogP contribution in [0.1, 0.15) is 17.9 Å². The SMILES string of the molecule is Cc1nn(C)c2ncc(S(=O)(=O)NC[C@@H]3CCn4ccnc4C3)cc12. The summed E-state index contributed by atoms with van der Waals surface area (Å²) in [6.07, 6.45) is 6.87. The Morgan fingerprint density at radius 1 is 1.36 bits per heavy atom. The van der Waals surface area contributed by atoms with Crippen LogP contribution in [-0.2, 0) is 30.0 Å². The Morgan fingerprint density at radius 3 is 3.04 bits per heavy atom. The first-order valence-electron chi connectivity index (χ1n) is 8.23. The molecule has 9 heteroatoms. The molecule has 1 atom stereocenters. The first-order valence-corrected chi connectivity index (χ1v) is 9.71. The van der Waals surface area contributed by atoms with E-state index in [-0.39, 0.29) is 10.8 Å². The zero-order valence-electron chi connectivity index (χ0n) is 14.2. The third-order valence-electron chi connectivity index (χ3n) is 4.76. The first-order chi connectivity index (χ1) is 11.9. The van der Waals surface area contributed by atoms with Gasteiger partial charge in [0.15, 0.2) is 5.65 Å². The van der Waals surface area contributed by atoms with Gasteiger partial charge < -0.3 is 4.57 Å². The molecule has 0 saturated heterocycles. The highest BCUT2D eigenvalue weighted by Gasteiger charge is 2.23. The van der Waals surface area contributed by atoms with Crippen LogP contribution in [0, 0.1) is 12.8 Å². The Balaban J connectivity index is 1.51. The molecule has 8 nitrogen and oxygen atoms in total. The third kappa shape index (κ3) is 2.93. The number of nitrogens with zero attached hydrogens (tertiary/aromatic N) is 5. The zero-order chi connectivity index (χ0) is 17.6. The highest BCUT2D eigenvalue weighted by molar-refractivity contribution is 7.89. The van der Waals surface area contributed by atoms with E-state index in [4.69, 9.17) is 0 Å². The largest absolute Gasteiger partial charge is 0.335 e. The molecule has 4 heterocycles. The van der Waals surface area contributed by atoms with Gasteiger partial charge in [-0.2, -0.15) is 5.10 Å². The smallest absolute Gasteiger partial charge is 0.242 e. The van der Waals surface area contributed by atoms with Crippen LogP contribution in [0.4, 0.5) is 0 Å². The number of sulfonamides is 1. The molecule has 0 aliphatic carbocycles. The van der Waals surface area contributed by atoms with Crippen LogP contribution in [-0.4, -0.2) is 39.3 Å². The summed E-state index contributed by atoms with van der Waals surface area (Å²) in [7, 11) is -1.81. The van der Waals surface area contributed by atoms with Crippen LogP contribution in [0.5, 0.6) is 0 Å². The van der Waals surface area contributed by atoms with Crippen LogP contribution < -0.4 is 4.72 Å². The van der Waals surface area contributed by atoms with E-state index in [1.165, 1.54) is 6.20 Å². The molecule has 0 unspecified atom stereocenters. The lowest BCUT2D eigenvalue weighted by molar-refractivity contribution is 0.379. The number of hydrogen-bond acceptors (Lipinski definition) is 5. The maximum absolute atomic E-state index is 12.6. The molecular formula is C16H20N6O2S. The highest BCUT2D eigenvalue weighted by atomic mass is 32.2. The lowest BCUT2D eigenvalue weighted by Crippen LogP contribution is -2.33. The molecule has 0 amide bonds. The van der Waals surface area contributed by atoms with E-state index in [0.29, 0.717) is 12.2 Å². The molecular weight excluding hydrogens is 340 g/mol. The molecule has 1 aliphatic heterocycles. The summed E-state index contributed by atoms with van der Waals surface area (Å²) in [5.41, 5.74) is 1.44. The number of pyridine rings is 1. The molecule has 0 spiro atoms. The second kappa shape index (κ2) is 5.92. The van der Waals surface area contributed by atoms with E-state index < -0.39 is 10.0 Å². The number of rotatable bonds is 4. The molecule has 0 fully saturated rings. The number of nitrogens with one attached hydrogen (secondary N) is 1. The average Bonchev–Trinajstić information content (AvgIpc) is 3.17. The van der Waals surface area contributed by atoms with Gasteiger partial charge in [0.25, 0.3) is 0 Å². The standard InChI is InChI=1S/C16H20N6O2S/c1-11-14-8-13(10-18-16(14)21(2)20-11)25(23,24)19-9-12-3-5-22-6-4-17-15(22)7-12/h4,6,8,10,12,19H,3,5,7,9H2,1-2H3/t12-/m1/s1. The van der Waals surface area contributed by atoms with Gasteiger partial charge in [0.05, 0.1) is 5.69 Å². The van der Waals surface area contributed by atoms with Gasteiger partial charge in [-0.15, -0.1) is 0 Å². The van der Waals surface area contributed by atoms with E-state index in [0.717, 1.165) is 36.3 Å². The van der Waals surface area contributed by atoms with Gasteiger partial charge in [0.1, 0.15) is 10.7 Å². The summed E-state index contributed by atoms with van der Waals surface area (Å²) < 4.78 is 31.8. The monoisotopic (exact) mass is 360 g/mol. The van der Waals surface area contributed by atoms with E-state index in [9.17, 15) is 8.42 Å². The normalized spacial score (nSPS) is 17.8. The summed E-state index contributed by atoms with van der Waals surface area (Å²) in [6.45, 7) is 3.13. The number of aromatic nitrogens is 5. The Hall–Kier alpha value is -2.26. The van der Waals surface area contributed by atoms with Crippen molar-refractivity contribution in [1.29, 1.82) is 0 Å². The van der Waals surface area contributed by atoms with Gasteiger partial charge in [-0.1, -0.05) is 0 Å². The van der Waals surface area contributed by atoms with E-state index in [1.54, 1.807) is 24.0 Å². The van der Waals surface area contributed by atoms with Crippen LogP contribution in [0.3, 0.4) is 0 Å². The fourth-order valence-electron chi connectivity index (χ4n) is 3.34. The molecule has 0 aromatic carbocycles. The molecule has 1 aliphatic rings. The zero-order valence-corrected chi connectivity index (χ0v) is 15.0. The summed E-state index contributed by atoms with van der Waals surface area (Å²) in [5.74, 6) is 1.27. The number of aryl methyl sites for hydroxylation is 3. The van der Waals surface area contributed by atoms with Crippen molar-refractivity contribution in [1.82, 2.24) is 29.0 Å². The molecule has 25 heavy (non-hydrogen) atoms. The molecule has 132 valence electrons. The van der Waals surface area contributed by atoms with Crippen molar-refractivity contribution in [3.8, 4) is 0 Å². The fourth-order valence-corrected chi connectivity index (χ4v) is 4.42. The minimum Gasteiger partial charge on any atom is -0.335 e. The summed E-state index contributed by atoms with van der Waals surface area (Å²) in [4.78, 5) is 8.75. The number of imidazole rings is 1. The van der Waals surface area contributed by atoms with E-state index >= 15 is 0 Å². The summed E-state index contributed by atoms with van der Waals surface area (Å²) in [5, 5.41) is 5.03. The Morgan fingerprint density at radius 2 is 2.20 bits per heavy atom. The lowest BCUT2D eigenvalue weighted by atomic mass is 9.98. The van der Waals surface area contributed by atoms with Gasteiger partial charge >= 0.3 is 0 Å². The van der Waals surface area contributed by atoms with Gasteiger partial charge in [-0.25, -0.2) is 23.1 Å². The van der Waals surface area contributed by atoms with Crippen molar-refractivity contribution in [2.24, 2.45) is 13.0 Å². The van der Waals surface area contributed by atoms with E-state index in [1.807, 2.05) is 13.1 Å². The average molecular weight is 360 g/mol. The maximum Gasteiger partial charge on any atom is 0.242 e. The molecule has 3 aromatic heterocycles. The third-order valence-corrected chi connectivity index (χ3v) is 6.15. The van der Waals surface area contributed by atoms with Crippen molar-refractivity contribution < 1.29 is 8.42 Å². The Bertz CT molecular complexity index is 1040. The van der Waals surface area contributed by atoms with Crippen LogP contribution in [0.25, 0.3) is 11.0 Å². The van der Waals surface area contributed by atoms with Crippen LogP contribution in [0.15, 0.2) is 29.6 Å². The maximum atomic E-state index is 12.6. The number of hydrogen-bond donors (Lipinski definition) is 1. The van der Waals surface area contributed by atoms with Gasteiger partial charge in [0.2, 0.25) is 10.0 Å². The minimum atomic E-state index is -3.60. The Labute approximate surface area is 145 Å². The van der Waals surface area contributed by atoms with Crippen LogP contribution in [0.2, 0.25) is 0 Å². The van der Waals surface area contributed by atoms with Gasteiger partial charge in [-0.05, 0) is 25.3 Å². The predicted molar refractivity (Wildman–Crippen MR) is 92.5 cm³/mol. The molecule has 1 N–H and O–H groups in total. The van der Waals surface area contributed by atoms with Gasteiger partial charge in [-0.3, -0.25) is 4.68 Å². The van der Waals surface area contributed by atoms with Gasteiger partial charge in [0, 0.05) is 50.5 Å². The molecule has 0 radical (unpaired) electrons. The van der Waals surface area contributed by atoms with Crippen molar-refractivity contribution in [3.63, 3.8) is 0 Å². The predicted octanol–water partition coefficient (Wildman–Crippen LogP) is 1.01. The van der Waals surface area contributed by atoms with Crippen molar-refractivity contribution >= 4 is 21.1 Å². The highest BCUT2D eigenvalue weighted by Crippen LogP contribution is 2.21. The topological polar surface area (TPSA) is 94.7 Å². The van der Waals surface area contributed by atoms with Crippen molar-refractivity contribution in [2.45, 2.75) is 31.2 Å². The van der Waals surface area contributed by atoms with Crippen molar-refractivity contribution in [3.05, 3.63) is 36.2 Å². The lowest BCUT2D eigenvalue weighted by Gasteiger charge is -2.23. The second-order valence-corrected chi connectivity index (χ2v) is 8.27. The Kier molecular flexibility index (Phi) is 3.84. The quantitative estimate of drug-likeness (QED) is 0.749. The fraction of sp³-hybridized carbons (Fsp3) is 0.438. The molecule has 4 rings (SSSR count). The van der Waals surface area contributed by atoms with Crippen molar-refractivity contribution in [2.75, 3.05) is 6.54 Å².